The van der Waals surface area contributed by atoms with Crippen molar-refractivity contribution in [3.05, 3.63) is 0 Å². The minimum absolute atomic E-state index is 0.0212. The Morgan fingerprint density at radius 2 is 1.86 bits per heavy atom. The molecule has 1 amide bonds. The van der Waals surface area contributed by atoms with Crippen molar-refractivity contribution < 1.29 is 19.0 Å². The number of nitrogens with zero attached hydrogens (tertiary/aromatic N) is 1. The molecular formula is C15H30INO4. The number of likely N-dealkylation sites (N-methyl/N-ethyl adjacent to an activating group) is 1. The van der Waals surface area contributed by atoms with Crippen molar-refractivity contribution in [3.8, 4) is 0 Å². The molecular weight excluding hydrogens is 385 g/mol. The standard InChI is InChI=1S/C15H30INO4/c1-8-17(13(18)21-14(3,4)5)11-15(6,10-16)20-12(2)9-19-7/h12H,8-11H2,1-7H3. The number of halogens is 1. The van der Waals surface area contributed by atoms with Crippen LogP contribution in [0, 0.1) is 0 Å². The van der Waals surface area contributed by atoms with Gasteiger partial charge in [0.15, 0.2) is 0 Å². The van der Waals surface area contributed by atoms with E-state index in [0.29, 0.717) is 19.7 Å². The Bertz CT molecular complexity index is 319. The van der Waals surface area contributed by atoms with Gasteiger partial charge < -0.3 is 19.1 Å². The van der Waals surface area contributed by atoms with E-state index in [1.54, 1.807) is 12.0 Å². The molecule has 126 valence electrons. The normalized spacial score (nSPS) is 16.2. The quantitative estimate of drug-likeness (QED) is 0.450. The Hall–Kier alpha value is -0.0800. The number of amides is 1. The second kappa shape index (κ2) is 9.15. The van der Waals surface area contributed by atoms with E-state index < -0.39 is 11.2 Å². The zero-order chi connectivity index (χ0) is 16.7. The van der Waals surface area contributed by atoms with E-state index in [2.05, 4.69) is 22.6 Å². The van der Waals surface area contributed by atoms with Crippen molar-refractivity contribution in [1.29, 1.82) is 0 Å². The average Bonchev–Trinajstić information content (AvgIpc) is 2.34. The summed E-state index contributed by atoms with van der Waals surface area (Å²) in [5.74, 6) is 0. The summed E-state index contributed by atoms with van der Waals surface area (Å²) in [6, 6.07) is 0. The summed E-state index contributed by atoms with van der Waals surface area (Å²) in [5, 5.41) is 0. The summed E-state index contributed by atoms with van der Waals surface area (Å²) >= 11 is 2.28. The van der Waals surface area contributed by atoms with Gasteiger partial charge in [-0.3, -0.25) is 0 Å². The highest BCUT2D eigenvalue weighted by atomic mass is 127. The SMILES string of the molecule is CCN(CC(C)(CI)OC(C)COC)C(=O)OC(C)(C)C. The van der Waals surface area contributed by atoms with Crippen LogP contribution in [-0.4, -0.2) is 59.5 Å². The summed E-state index contributed by atoms with van der Waals surface area (Å²) in [5.41, 5.74) is -0.916. The van der Waals surface area contributed by atoms with Crippen LogP contribution in [0.4, 0.5) is 4.79 Å². The number of ether oxygens (including phenoxy) is 3. The summed E-state index contributed by atoms with van der Waals surface area (Å²) in [6.45, 7) is 13.1. The van der Waals surface area contributed by atoms with E-state index >= 15 is 0 Å². The van der Waals surface area contributed by atoms with E-state index in [1.165, 1.54) is 0 Å². The van der Waals surface area contributed by atoms with Crippen molar-refractivity contribution in [2.24, 2.45) is 0 Å². The third kappa shape index (κ3) is 8.83. The zero-order valence-electron chi connectivity index (χ0n) is 14.4. The topological polar surface area (TPSA) is 48.0 Å². The number of hydrogen-bond acceptors (Lipinski definition) is 4. The van der Waals surface area contributed by atoms with Crippen LogP contribution in [0.25, 0.3) is 0 Å². The van der Waals surface area contributed by atoms with Gasteiger partial charge in [-0.15, -0.1) is 0 Å². The molecule has 0 radical (unpaired) electrons. The van der Waals surface area contributed by atoms with Crippen LogP contribution in [0.2, 0.25) is 0 Å². The molecule has 5 nitrogen and oxygen atoms in total. The third-order valence-corrected chi connectivity index (χ3v) is 4.34. The molecule has 6 heteroatoms. The average molecular weight is 415 g/mol. The van der Waals surface area contributed by atoms with Gasteiger partial charge in [0.05, 0.1) is 24.9 Å². The molecule has 2 atom stereocenters. The van der Waals surface area contributed by atoms with E-state index in [0.717, 1.165) is 4.43 Å². The Labute approximate surface area is 142 Å². The summed E-state index contributed by atoms with van der Waals surface area (Å²) in [6.07, 6.45) is -0.323. The van der Waals surface area contributed by atoms with Crippen LogP contribution in [0.3, 0.4) is 0 Å². The first-order valence-corrected chi connectivity index (χ1v) is 8.80. The van der Waals surface area contributed by atoms with Gasteiger partial charge in [-0.2, -0.15) is 0 Å². The van der Waals surface area contributed by atoms with Crippen LogP contribution >= 0.6 is 22.6 Å². The van der Waals surface area contributed by atoms with Gasteiger partial charge in [-0.25, -0.2) is 4.79 Å². The lowest BCUT2D eigenvalue weighted by molar-refractivity contribution is -0.0958. The smallest absolute Gasteiger partial charge is 0.410 e. The van der Waals surface area contributed by atoms with Crippen molar-refractivity contribution in [1.82, 2.24) is 4.90 Å². The molecule has 0 fully saturated rings. The van der Waals surface area contributed by atoms with Gasteiger partial charge >= 0.3 is 6.09 Å². The maximum Gasteiger partial charge on any atom is 0.410 e. The molecule has 0 aromatic rings. The van der Waals surface area contributed by atoms with E-state index in [4.69, 9.17) is 14.2 Å². The third-order valence-electron chi connectivity index (χ3n) is 2.73. The number of carbonyl (C=O) groups is 1. The minimum Gasteiger partial charge on any atom is -0.444 e. The van der Waals surface area contributed by atoms with Gasteiger partial charge in [0, 0.05) is 18.1 Å². The van der Waals surface area contributed by atoms with E-state index in [1.807, 2.05) is 41.5 Å². The molecule has 0 aromatic heterocycles. The lowest BCUT2D eigenvalue weighted by atomic mass is 10.1. The first kappa shape index (κ1) is 20.9. The van der Waals surface area contributed by atoms with Crippen molar-refractivity contribution in [2.75, 3.05) is 31.2 Å². The van der Waals surface area contributed by atoms with Gasteiger partial charge in [0.2, 0.25) is 0 Å². The molecule has 0 aliphatic heterocycles. The fourth-order valence-electron chi connectivity index (χ4n) is 1.90. The number of hydrogen-bond donors (Lipinski definition) is 0. The maximum absolute atomic E-state index is 12.2. The summed E-state index contributed by atoms with van der Waals surface area (Å²) < 4.78 is 17.4. The largest absolute Gasteiger partial charge is 0.444 e. The highest BCUT2D eigenvalue weighted by molar-refractivity contribution is 14.1. The lowest BCUT2D eigenvalue weighted by Crippen LogP contribution is -2.49. The molecule has 0 aliphatic carbocycles. The molecule has 0 heterocycles. The molecule has 0 aliphatic rings. The molecule has 0 saturated heterocycles. The predicted molar refractivity (Wildman–Crippen MR) is 93.2 cm³/mol. The Morgan fingerprint density at radius 3 is 2.24 bits per heavy atom. The highest BCUT2D eigenvalue weighted by Gasteiger charge is 2.32. The van der Waals surface area contributed by atoms with Gasteiger partial charge in [-0.1, -0.05) is 22.6 Å². The van der Waals surface area contributed by atoms with Crippen LogP contribution in [0.1, 0.15) is 41.5 Å². The molecule has 0 spiro atoms. The molecule has 21 heavy (non-hydrogen) atoms. The Kier molecular flexibility index (Phi) is 9.11. The fraction of sp³-hybridized carbons (Fsp3) is 0.933. The van der Waals surface area contributed by atoms with Gasteiger partial charge in [0.1, 0.15) is 5.60 Å². The summed E-state index contributed by atoms with van der Waals surface area (Å²) in [4.78, 5) is 13.9. The van der Waals surface area contributed by atoms with E-state index in [9.17, 15) is 4.79 Å². The molecule has 0 rings (SSSR count). The Morgan fingerprint density at radius 1 is 1.29 bits per heavy atom. The maximum atomic E-state index is 12.2. The molecule has 0 saturated carbocycles. The zero-order valence-corrected chi connectivity index (χ0v) is 16.5. The van der Waals surface area contributed by atoms with Crippen LogP contribution < -0.4 is 0 Å². The van der Waals surface area contributed by atoms with Crippen LogP contribution in [0.15, 0.2) is 0 Å². The molecule has 0 N–H and O–H groups in total. The first-order valence-electron chi connectivity index (χ1n) is 7.27. The highest BCUT2D eigenvalue weighted by Crippen LogP contribution is 2.20. The van der Waals surface area contributed by atoms with Crippen LogP contribution in [-0.2, 0) is 14.2 Å². The number of methoxy groups -OCH3 is 1. The number of carbonyl (C=O) groups excluding carboxylic acids is 1. The van der Waals surface area contributed by atoms with E-state index in [-0.39, 0.29) is 12.2 Å². The van der Waals surface area contributed by atoms with Crippen molar-refractivity contribution in [3.63, 3.8) is 0 Å². The lowest BCUT2D eigenvalue weighted by Gasteiger charge is -2.36. The van der Waals surface area contributed by atoms with Crippen molar-refractivity contribution in [2.45, 2.75) is 58.8 Å². The van der Waals surface area contributed by atoms with Gasteiger partial charge in [-0.05, 0) is 41.5 Å². The monoisotopic (exact) mass is 415 g/mol. The minimum atomic E-state index is -0.491. The number of alkyl halides is 1. The number of rotatable bonds is 8. The molecule has 0 aromatic carbocycles. The Balaban J connectivity index is 4.77. The van der Waals surface area contributed by atoms with Crippen LogP contribution in [0.5, 0.6) is 0 Å². The second-order valence-corrected chi connectivity index (χ2v) is 7.22. The first-order chi connectivity index (χ1) is 9.56. The molecule has 0 bridgehead atoms. The van der Waals surface area contributed by atoms with Gasteiger partial charge in [0.25, 0.3) is 0 Å². The predicted octanol–water partition coefficient (Wildman–Crippen LogP) is 3.49. The summed E-state index contributed by atoms with van der Waals surface area (Å²) in [7, 11) is 1.65. The second-order valence-electron chi connectivity index (χ2n) is 6.46. The van der Waals surface area contributed by atoms with Crippen molar-refractivity contribution >= 4 is 28.7 Å². The fourth-order valence-corrected chi connectivity index (χ4v) is 2.32. The molecule has 2 unspecified atom stereocenters.